The number of nitrogens with two attached hydrogens (primary N) is 1. The van der Waals surface area contributed by atoms with E-state index in [0.29, 0.717) is 23.6 Å². The highest BCUT2D eigenvalue weighted by atomic mass is 16.2. The molecule has 0 atom stereocenters. The Balaban J connectivity index is 1.28. The molecule has 2 aliphatic heterocycles. The van der Waals surface area contributed by atoms with Crippen molar-refractivity contribution < 1.29 is 9.59 Å². The lowest BCUT2D eigenvalue weighted by Crippen LogP contribution is -2.35. The summed E-state index contributed by atoms with van der Waals surface area (Å²) in [4.78, 5) is 28.8. The van der Waals surface area contributed by atoms with Gasteiger partial charge in [0.05, 0.1) is 11.1 Å². The van der Waals surface area contributed by atoms with Crippen LogP contribution in [0.5, 0.6) is 0 Å². The molecule has 2 amide bonds. The minimum absolute atomic E-state index is 0.0501. The smallest absolute Gasteiger partial charge is 0.255 e. The van der Waals surface area contributed by atoms with Gasteiger partial charge in [-0.25, -0.2) is 0 Å². The summed E-state index contributed by atoms with van der Waals surface area (Å²) in [7, 11) is 0. The van der Waals surface area contributed by atoms with Gasteiger partial charge in [-0.15, -0.1) is 0 Å². The van der Waals surface area contributed by atoms with E-state index in [1.807, 2.05) is 11.0 Å². The number of primary amides is 1. The van der Waals surface area contributed by atoms with Crippen molar-refractivity contribution >= 4 is 11.8 Å². The Morgan fingerprint density at radius 3 is 2.50 bits per heavy atom. The number of hydrogen-bond acceptors (Lipinski definition) is 3. The number of fused-ring (bicyclic) bond motifs is 1. The lowest BCUT2D eigenvalue weighted by atomic mass is 9.93. The average molecular weight is 377 g/mol. The van der Waals surface area contributed by atoms with Crippen molar-refractivity contribution in [1.29, 1.82) is 0 Å². The standard InChI is InChI=1S/C23H27N3O2/c24-22(27)20-8-4-7-19-16-26(23(28)21(19)20)14-11-17-9-12-25(13-10-17)15-18-5-2-1-3-6-18/h1-8,17H,9-16H2,(H2,24,27). The van der Waals surface area contributed by atoms with Crippen molar-refractivity contribution in [2.75, 3.05) is 19.6 Å². The molecule has 0 bridgehead atoms. The van der Waals surface area contributed by atoms with E-state index in [1.54, 1.807) is 12.1 Å². The lowest BCUT2D eigenvalue weighted by Gasteiger charge is -2.32. The van der Waals surface area contributed by atoms with Crippen molar-refractivity contribution in [3.05, 3.63) is 70.8 Å². The third-order valence-corrected chi connectivity index (χ3v) is 6.04. The fourth-order valence-electron chi connectivity index (χ4n) is 4.42. The zero-order valence-corrected chi connectivity index (χ0v) is 16.1. The van der Waals surface area contributed by atoms with E-state index in [0.717, 1.165) is 38.2 Å². The highest BCUT2D eigenvalue weighted by Gasteiger charge is 2.31. The Kier molecular flexibility index (Phi) is 5.44. The third kappa shape index (κ3) is 3.94. The van der Waals surface area contributed by atoms with Gasteiger partial charge >= 0.3 is 0 Å². The van der Waals surface area contributed by atoms with Gasteiger partial charge in [-0.3, -0.25) is 14.5 Å². The molecule has 4 rings (SSSR count). The van der Waals surface area contributed by atoms with Crippen LogP contribution in [0.4, 0.5) is 0 Å². The normalized spacial score (nSPS) is 17.7. The van der Waals surface area contributed by atoms with Crippen molar-refractivity contribution in [3.63, 3.8) is 0 Å². The molecule has 2 aromatic rings. The zero-order valence-electron chi connectivity index (χ0n) is 16.1. The minimum atomic E-state index is -0.530. The number of hydrogen-bond donors (Lipinski definition) is 1. The van der Waals surface area contributed by atoms with Gasteiger partial charge < -0.3 is 10.6 Å². The highest BCUT2D eigenvalue weighted by molar-refractivity contribution is 6.09. The Hall–Kier alpha value is -2.66. The number of piperidine rings is 1. The molecule has 0 spiro atoms. The molecule has 1 saturated heterocycles. The van der Waals surface area contributed by atoms with Crippen LogP contribution in [0.1, 0.15) is 51.1 Å². The molecular weight excluding hydrogens is 350 g/mol. The topological polar surface area (TPSA) is 66.6 Å². The van der Waals surface area contributed by atoms with Crippen LogP contribution in [0.15, 0.2) is 48.5 Å². The Morgan fingerprint density at radius 1 is 1.04 bits per heavy atom. The van der Waals surface area contributed by atoms with Crippen molar-refractivity contribution in [2.45, 2.75) is 32.4 Å². The summed E-state index contributed by atoms with van der Waals surface area (Å²) >= 11 is 0. The second-order valence-electron chi connectivity index (χ2n) is 7.92. The average Bonchev–Trinajstić information content (AvgIpc) is 3.04. The van der Waals surface area contributed by atoms with Crippen molar-refractivity contribution in [1.82, 2.24) is 9.80 Å². The molecule has 1 fully saturated rings. The van der Waals surface area contributed by atoms with Crippen LogP contribution in [0, 0.1) is 5.92 Å². The van der Waals surface area contributed by atoms with E-state index in [1.165, 1.54) is 18.4 Å². The first-order chi connectivity index (χ1) is 13.6. The van der Waals surface area contributed by atoms with E-state index >= 15 is 0 Å². The van der Waals surface area contributed by atoms with Crippen LogP contribution in [0.2, 0.25) is 0 Å². The highest BCUT2D eigenvalue weighted by Crippen LogP contribution is 2.28. The summed E-state index contributed by atoms with van der Waals surface area (Å²) in [6.07, 6.45) is 3.37. The van der Waals surface area contributed by atoms with Gasteiger partial charge in [0.2, 0.25) is 5.91 Å². The molecule has 0 unspecified atom stereocenters. The molecule has 2 aliphatic rings. The third-order valence-electron chi connectivity index (χ3n) is 6.04. The second-order valence-corrected chi connectivity index (χ2v) is 7.92. The van der Waals surface area contributed by atoms with Gasteiger partial charge in [0.1, 0.15) is 0 Å². The maximum atomic E-state index is 12.8. The molecule has 0 aliphatic carbocycles. The summed E-state index contributed by atoms with van der Waals surface area (Å²) in [5.74, 6) is 0.0721. The van der Waals surface area contributed by atoms with Crippen LogP contribution < -0.4 is 5.73 Å². The van der Waals surface area contributed by atoms with Crippen molar-refractivity contribution in [3.8, 4) is 0 Å². The Labute approximate surface area is 166 Å². The first-order valence-electron chi connectivity index (χ1n) is 10.1. The van der Waals surface area contributed by atoms with Gasteiger partial charge in [0, 0.05) is 19.6 Å². The number of likely N-dealkylation sites (tertiary alicyclic amines) is 1. The summed E-state index contributed by atoms with van der Waals surface area (Å²) in [5, 5.41) is 0. The largest absolute Gasteiger partial charge is 0.366 e. The van der Waals surface area contributed by atoms with Gasteiger partial charge in [-0.05, 0) is 55.5 Å². The maximum absolute atomic E-state index is 12.8. The van der Waals surface area contributed by atoms with Crippen LogP contribution in [-0.4, -0.2) is 41.2 Å². The van der Waals surface area contributed by atoms with Gasteiger partial charge in [0.15, 0.2) is 0 Å². The summed E-state index contributed by atoms with van der Waals surface area (Å²) < 4.78 is 0. The van der Waals surface area contributed by atoms with E-state index in [-0.39, 0.29) is 5.91 Å². The van der Waals surface area contributed by atoms with E-state index in [2.05, 4.69) is 35.2 Å². The van der Waals surface area contributed by atoms with Crippen LogP contribution >= 0.6 is 0 Å². The molecule has 146 valence electrons. The molecule has 0 radical (unpaired) electrons. The van der Waals surface area contributed by atoms with Crippen molar-refractivity contribution in [2.24, 2.45) is 11.7 Å². The van der Waals surface area contributed by atoms with Crippen LogP contribution in [-0.2, 0) is 13.1 Å². The first-order valence-corrected chi connectivity index (χ1v) is 10.1. The van der Waals surface area contributed by atoms with E-state index in [4.69, 9.17) is 5.73 Å². The van der Waals surface area contributed by atoms with Gasteiger partial charge in [-0.2, -0.15) is 0 Å². The fourth-order valence-corrected chi connectivity index (χ4v) is 4.42. The monoisotopic (exact) mass is 377 g/mol. The zero-order chi connectivity index (χ0) is 19.5. The van der Waals surface area contributed by atoms with Gasteiger partial charge in [0.25, 0.3) is 5.91 Å². The quantitative estimate of drug-likeness (QED) is 0.841. The molecular formula is C23H27N3O2. The SMILES string of the molecule is NC(=O)c1cccc2c1C(=O)N(CCC1CCN(Cc3ccccc3)CC1)C2. The predicted molar refractivity (Wildman–Crippen MR) is 109 cm³/mol. The molecule has 28 heavy (non-hydrogen) atoms. The van der Waals surface area contributed by atoms with Crippen LogP contribution in [0.25, 0.3) is 0 Å². The molecule has 2 heterocycles. The molecule has 0 saturated carbocycles. The Bertz CT molecular complexity index is 857. The predicted octanol–water partition coefficient (Wildman–Crippen LogP) is 3.04. The number of carbonyl (C=O) groups is 2. The summed E-state index contributed by atoms with van der Waals surface area (Å²) in [6, 6.07) is 16.0. The number of rotatable bonds is 6. The van der Waals surface area contributed by atoms with Crippen LogP contribution in [0.3, 0.4) is 0 Å². The molecule has 0 aromatic heterocycles. The molecule has 5 nitrogen and oxygen atoms in total. The second kappa shape index (κ2) is 8.15. The Morgan fingerprint density at radius 2 is 1.79 bits per heavy atom. The number of amides is 2. The number of carbonyl (C=O) groups excluding carboxylic acids is 2. The lowest BCUT2D eigenvalue weighted by molar-refractivity contribution is 0.0753. The number of nitrogens with zero attached hydrogens (tertiary/aromatic N) is 2. The molecule has 2 aromatic carbocycles. The summed E-state index contributed by atoms with van der Waals surface area (Å²) in [5.41, 5.74) is 8.58. The first kappa shape index (κ1) is 18.7. The fraction of sp³-hybridized carbons (Fsp3) is 0.391. The van der Waals surface area contributed by atoms with E-state index in [9.17, 15) is 9.59 Å². The minimum Gasteiger partial charge on any atom is -0.366 e. The molecule has 2 N–H and O–H groups in total. The molecule has 5 heteroatoms. The van der Waals surface area contributed by atoms with E-state index < -0.39 is 5.91 Å². The summed E-state index contributed by atoms with van der Waals surface area (Å²) in [6.45, 7) is 4.57. The maximum Gasteiger partial charge on any atom is 0.255 e. The van der Waals surface area contributed by atoms with Gasteiger partial charge in [-0.1, -0.05) is 42.5 Å². The number of benzene rings is 2.